The van der Waals surface area contributed by atoms with E-state index in [0.29, 0.717) is 0 Å². The van der Waals surface area contributed by atoms with Gasteiger partial charge < -0.3 is 9.64 Å². The first-order valence-electron chi connectivity index (χ1n) is 9.52. The van der Waals surface area contributed by atoms with Gasteiger partial charge in [0.25, 0.3) is 0 Å². The number of likely N-dealkylation sites (tertiary alicyclic amines) is 1. The van der Waals surface area contributed by atoms with Crippen molar-refractivity contribution in [3.8, 4) is 5.75 Å². The van der Waals surface area contributed by atoms with E-state index in [1.165, 1.54) is 31.5 Å². The van der Waals surface area contributed by atoms with Gasteiger partial charge in [-0.15, -0.1) is 0 Å². The van der Waals surface area contributed by atoms with Gasteiger partial charge in [0.2, 0.25) is 0 Å². The van der Waals surface area contributed by atoms with Crippen LogP contribution in [-0.2, 0) is 13.0 Å². The molecule has 3 rings (SSSR count). The van der Waals surface area contributed by atoms with Gasteiger partial charge in [0.15, 0.2) is 0 Å². The molecule has 26 heavy (non-hydrogen) atoms. The third kappa shape index (κ3) is 5.78. The molecular formula is C21H30N4O. The highest BCUT2D eigenvalue weighted by atomic mass is 16.5. The van der Waals surface area contributed by atoms with Crippen LogP contribution in [0.1, 0.15) is 24.2 Å². The minimum absolute atomic E-state index is 0.730. The molecule has 0 amide bonds. The van der Waals surface area contributed by atoms with E-state index in [0.717, 1.165) is 43.5 Å². The van der Waals surface area contributed by atoms with Gasteiger partial charge in [-0.25, -0.2) is 9.97 Å². The number of benzene rings is 1. The Hall–Kier alpha value is -1.98. The summed E-state index contributed by atoms with van der Waals surface area (Å²) in [6.45, 7) is 5.48. The Labute approximate surface area is 157 Å². The highest BCUT2D eigenvalue weighted by Gasteiger charge is 2.21. The van der Waals surface area contributed by atoms with E-state index in [1.54, 1.807) is 7.11 Å². The maximum absolute atomic E-state index is 5.23. The van der Waals surface area contributed by atoms with Crippen LogP contribution in [0.2, 0.25) is 0 Å². The van der Waals surface area contributed by atoms with E-state index in [9.17, 15) is 0 Å². The van der Waals surface area contributed by atoms with Gasteiger partial charge in [-0.1, -0.05) is 12.1 Å². The summed E-state index contributed by atoms with van der Waals surface area (Å²) in [5.74, 6) is 2.56. The number of ether oxygens (including phenoxy) is 1. The zero-order valence-corrected chi connectivity index (χ0v) is 16.0. The summed E-state index contributed by atoms with van der Waals surface area (Å²) in [4.78, 5) is 13.6. The molecule has 5 nitrogen and oxygen atoms in total. The summed E-state index contributed by atoms with van der Waals surface area (Å²) in [5.41, 5.74) is 1.38. The smallest absolute Gasteiger partial charge is 0.142 e. The van der Waals surface area contributed by atoms with Crippen LogP contribution < -0.4 is 4.74 Å². The molecule has 0 aliphatic carbocycles. The second kappa shape index (κ2) is 9.64. The lowest BCUT2D eigenvalue weighted by Crippen LogP contribution is -2.40. The molecule has 5 heteroatoms. The van der Waals surface area contributed by atoms with Crippen molar-refractivity contribution >= 4 is 0 Å². The molecule has 1 saturated heterocycles. The SMILES string of the molecule is COc1ccc(CCN2CCCC(CN(C)Cc3ncccn3)C2)cc1. The third-order valence-corrected chi connectivity index (χ3v) is 5.08. The topological polar surface area (TPSA) is 41.5 Å². The molecule has 1 aromatic heterocycles. The molecule has 0 radical (unpaired) electrons. The number of nitrogens with zero attached hydrogens (tertiary/aromatic N) is 4. The Morgan fingerprint density at radius 3 is 2.69 bits per heavy atom. The van der Waals surface area contributed by atoms with Crippen LogP contribution in [0.25, 0.3) is 0 Å². The summed E-state index contributed by atoms with van der Waals surface area (Å²) in [5, 5.41) is 0. The Bertz CT molecular complexity index is 647. The van der Waals surface area contributed by atoms with Crippen molar-refractivity contribution in [2.75, 3.05) is 40.3 Å². The van der Waals surface area contributed by atoms with Gasteiger partial charge in [0.1, 0.15) is 11.6 Å². The molecule has 1 aliphatic heterocycles. The Morgan fingerprint density at radius 2 is 1.96 bits per heavy atom. The summed E-state index contributed by atoms with van der Waals surface area (Å²) in [7, 11) is 3.89. The van der Waals surface area contributed by atoms with Gasteiger partial charge in [0, 0.05) is 32.0 Å². The van der Waals surface area contributed by atoms with Crippen molar-refractivity contribution in [3.63, 3.8) is 0 Å². The molecule has 0 saturated carbocycles. The van der Waals surface area contributed by atoms with Crippen LogP contribution in [0.15, 0.2) is 42.7 Å². The predicted molar refractivity (Wildman–Crippen MR) is 104 cm³/mol. The summed E-state index contributed by atoms with van der Waals surface area (Å²) < 4.78 is 5.23. The van der Waals surface area contributed by atoms with Crippen LogP contribution >= 0.6 is 0 Å². The van der Waals surface area contributed by atoms with Gasteiger partial charge in [-0.3, -0.25) is 4.90 Å². The van der Waals surface area contributed by atoms with Crippen LogP contribution in [-0.4, -0.2) is 60.1 Å². The molecule has 1 fully saturated rings. The van der Waals surface area contributed by atoms with Gasteiger partial charge in [0.05, 0.1) is 13.7 Å². The van der Waals surface area contributed by atoms with E-state index in [1.807, 2.05) is 18.5 Å². The maximum Gasteiger partial charge on any atom is 0.142 e. The average Bonchev–Trinajstić information content (AvgIpc) is 2.68. The number of methoxy groups -OCH3 is 1. The Kier molecular flexibility index (Phi) is 6.97. The van der Waals surface area contributed by atoms with Crippen molar-refractivity contribution in [1.29, 1.82) is 0 Å². The fraction of sp³-hybridized carbons (Fsp3) is 0.524. The standard InChI is InChI=1S/C21H30N4O/c1-24(17-21-22-11-4-12-23-21)15-19-5-3-13-25(16-19)14-10-18-6-8-20(26-2)9-7-18/h4,6-9,11-12,19H,3,5,10,13-17H2,1-2H3. The molecule has 1 aliphatic rings. The molecule has 1 atom stereocenters. The second-order valence-corrected chi connectivity index (χ2v) is 7.27. The second-order valence-electron chi connectivity index (χ2n) is 7.27. The summed E-state index contributed by atoms with van der Waals surface area (Å²) in [6.07, 6.45) is 7.35. The Morgan fingerprint density at radius 1 is 1.19 bits per heavy atom. The number of hydrogen-bond acceptors (Lipinski definition) is 5. The highest BCUT2D eigenvalue weighted by Crippen LogP contribution is 2.19. The number of rotatable bonds is 8. The first kappa shape index (κ1) is 18.8. The van der Waals surface area contributed by atoms with Crippen molar-refractivity contribution < 1.29 is 4.74 Å². The fourth-order valence-corrected chi connectivity index (χ4v) is 3.74. The van der Waals surface area contributed by atoms with E-state index in [4.69, 9.17) is 4.74 Å². The van der Waals surface area contributed by atoms with Crippen LogP contribution in [0.4, 0.5) is 0 Å². The molecule has 2 aromatic rings. The number of piperidine rings is 1. The van der Waals surface area contributed by atoms with E-state index in [-0.39, 0.29) is 0 Å². The first-order chi connectivity index (χ1) is 12.7. The summed E-state index contributed by atoms with van der Waals surface area (Å²) in [6, 6.07) is 10.3. The van der Waals surface area contributed by atoms with Gasteiger partial charge in [-0.2, -0.15) is 0 Å². The van der Waals surface area contributed by atoms with Crippen molar-refractivity contribution in [3.05, 3.63) is 54.1 Å². The first-order valence-corrected chi connectivity index (χ1v) is 9.52. The largest absolute Gasteiger partial charge is 0.497 e. The quantitative estimate of drug-likeness (QED) is 0.729. The van der Waals surface area contributed by atoms with Crippen LogP contribution in [0, 0.1) is 5.92 Å². The maximum atomic E-state index is 5.23. The van der Waals surface area contributed by atoms with Gasteiger partial charge >= 0.3 is 0 Å². The van der Waals surface area contributed by atoms with E-state index >= 15 is 0 Å². The van der Waals surface area contributed by atoms with E-state index in [2.05, 4.69) is 51.1 Å². The Balaban J connectivity index is 1.43. The average molecular weight is 354 g/mol. The number of hydrogen-bond donors (Lipinski definition) is 0. The van der Waals surface area contributed by atoms with Crippen LogP contribution in [0.3, 0.4) is 0 Å². The molecule has 2 heterocycles. The van der Waals surface area contributed by atoms with Gasteiger partial charge in [-0.05, 0) is 62.5 Å². The lowest BCUT2D eigenvalue weighted by molar-refractivity contribution is 0.141. The van der Waals surface area contributed by atoms with Crippen molar-refractivity contribution in [1.82, 2.24) is 19.8 Å². The molecule has 140 valence electrons. The molecule has 0 spiro atoms. The lowest BCUT2D eigenvalue weighted by atomic mass is 9.97. The molecular weight excluding hydrogens is 324 g/mol. The highest BCUT2D eigenvalue weighted by molar-refractivity contribution is 5.27. The molecule has 0 N–H and O–H groups in total. The molecule has 1 aromatic carbocycles. The predicted octanol–water partition coefficient (Wildman–Crippen LogP) is 2.87. The van der Waals surface area contributed by atoms with Crippen molar-refractivity contribution in [2.45, 2.75) is 25.8 Å². The normalized spacial score (nSPS) is 18.2. The minimum atomic E-state index is 0.730. The molecule has 1 unspecified atom stereocenters. The fourth-order valence-electron chi connectivity index (χ4n) is 3.74. The number of aromatic nitrogens is 2. The lowest BCUT2D eigenvalue weighted by Gasteiger charge is -2.34. The van der Waals surface area contributed by atoms with Crippen molar-refractivity contribution in [2.24, 2.45) is 5.92 Å². The van der Waals surface area contributed by atoms with Crippen LogP contribution in [0.5, 0.6) is 5.75 Å². The summed E-state index contributed by atoms with van der Waals surface area (Å²) >= 11 is 0. The zero-order chi connectivity index (χ0) is 18.2. The zero-order valence-electron chi connectivity index (χ0n) is 16.0. The molecule has 0 bridgehead atoms. The third-order valence-electron chi connectivity index (χ3n) is 5.08. The monoisotopic (exact) mass is 354 g/mol. The minimum Gasteiger partial charge on any atom is -0.497 e. The van der Waals surface area contributed by atoms with E-state index < -0.39 is 0 Å².